The summed E-state index contributed by atoms with van der Waals surface area (Å²) in [5.41, 5.74) is 10.5. The van der Waals surface area contributed by atoms with Gasteiger partial charge in [-0.15, -0.1) is 0 Å². The first-order chi connectivity index (χ1) is 8.61. The third-order valence-corrected chi connectivity index (χ3v) is 3.70. The van der Waals surface area contributed by atoms with Crippen molar-refractivity contribution in [2.24, 2.45) is 5.73 Å². The van der Waals surface area contributed by atoms with Gasteiger partial charge in [-0.3, -0.25) is 4.68 Å². The quantitative estimate of drug-likeness (QED) is 0.944. The van der Waals surface area contributed by atoms with Crippen LogP contribution in [0.2, 0.25) is 0 Å². The molecule has 3 nitrogen and oxygen atoms in total. The van der Waals surface area contributed by atoms with Crippen LogP contribution in [0.15, 0.2) is 28.7 Å². The largest absolute Gasteiger partial charge is 0.330 e. The lowest BCUT2D eigenvalue weighted by atomic mass is 10.1. The van der Waals surface area contributed by atoms with Crippen molar-refractivity contribution in [3.63, 3.8) is 0 Å². The zero-order valence-corrected chi connectivity index (χ0v) is 12.4. The maximum Gasteiger partial charge on any atom is 0.0662 e. The van der Waals surface area contributed by atoms with Gasteiger partial charge in [-0.2, -0.15) is 5.10 Å². The molecule has 0 aliphatic rings. The molecule has 1 aromatic heterocycles. The number of hydrogen-bond acceptors (Lipinski definition) is 2. The van der Waals surface area contributed by atoms with Crippen LogP contribution in [0.25, 0.3) is 0 Å². The number of nitrogens with two attached hydrogens (primary N) is 1. The molecular formula is C14H18BrN3. The summed E-state index contributed by atoms with van der Waals surface area (Å²) in [6.07, 6.45) is 0.901. The first-order valence-corrected chi connectivity index (χ1v) is 6.88. The Labute approximate surface area is 116 Å². The van der Waals surface area contributed by atoms with Crippen molar-refractivity contribution in [3.05, 3.63) is 51.3 Å². The van der Waals surface area contributed by atoms with E-state index >= 15 is 0 Å². The Hall–Kier alpha value is -1.13. The average molecular weight is 308 g/mol. The molecule has 96 valence electrons. The SMILES string of the molecule is Cc1nn(Cc2ccc(Br)cc2)c(C)c1CCN. The number of aromatic nitrogens is 2. The van der Waals surface area contributed by atoms with Crippen molar-refractivity contribution in [3.8, 4) is 0 Å². The van der Waals surface area contributed by atoms with Crippen LogP contribution in [0, 0.1) is 13.8 Å². The smallest absolute Gasteiger partial charge is 0.0662 e. The Kier molecular flexibility index (Phi) is 4.19. The summed E-state index contributed by atoms with van der Waals surface area (Å²) >= 11 is 3.45. The Bertz CT molecular complexity index is 529. The van der Waals surface area contributed by atoms with Crippen LogP contribution in [0.3, 0.4) is 0 Å². The van der Waals surface area contributed by atoms with Crippen molar-refractivity contribution < 1.29 is 0 Å². The Morgan fingerprint density at radius 2 is 1.89 bits per heavy atom. The van der Waals surface area contributed by atoms with Crippen molar-refractivity contribution in [2.45, 2.75) is 26.8 Å². The predicted octanol–water partition coefficient (Wildman–Crippen LogP) is 2.81. The monoisotopic (exact) mass is 307 g/mol. The van der Waals surface area contributed by atoms with Crippen LogP contribution in [-0.4, -0.2) is 16.3 Å². The van der Waals surface area contributed by atoms with E-state index in [9.17, 15) is 0 Å². The van der Waals surface area contributed by atoms with Gasteiger partial charge in [0.05, 0.1) is 12.2 Å². The highest BCUT2D eigenvalue weighted by Crippen LogP contribution is 2.16. The number of benzene rings is 1. The minimum atomic E-state index is 0.672. The lowest BCUT2D eigenvalue weighted by Crippen LogP contribution is -2.06. The molecule has 2 N–H and O–H groups in total. The van der Waals surface area contributed by atoms with Crippen molar-refractivity contribution >= 4 is 15.9 Å². The molecule has 2 rings (SSSR count). The lowest BCUT2D eigenvalue weighted by Gasteiger charge is -2.05. The second kappa shape index (κ2) is 5.67. The first kappa shape index (κ1) is 13.3. The molecule has 1 aromatic carbocycles. The predicted molar refractivity (Wildman–Crippen MR) is 77.7 cm³/mol. The minimum Gasteiger partial charge on any atom is -0.330 e. The topological polar surface area (TPSA) is 43.8 Å². The molecule has 0 radical (unpaired) electrons. The van der Waals surface area contributed by atoms with Crippen molar-refractivity contribution in [1.29, 1.82) is 0 Å². The van der Waals surface area contributed by atoms with Crippen LogP contribution in [0.4, 0.5) is 0 Å². The first-order valence-electron chi connectivity index (χ1n) is 6.09. The number of hydrogen-bond donors (Lipinski definition) is 1. The molecule has 2 aromatic rings. The molecule has 18 heavy (non-hydrogen) atoms. The molecule has 0 aliphatic heterocycles. The highest BCUT2D eigenvalue weighted by molar-refractivity contribution is 9.10. The highest BCUT2D eigenvalue weighted by Gasteiger charge is 2.10. The van der Waals surface area contributed by atoms with E-state index in [-0.39, 0.29) is 0 Å². The van der Waals surface area contributed by atoms with E-state index in [0.29, 0.717) is 6.54 Å². The van der Waals surface area contributed by atoms with E-state index < -0.39 is 0 Å². The summed E-state index contributed by atoms with van der Waals surface area (Å²) in [6.45, 7) is 5.65. The molecule has 0 bridgehead atoms. The Balaban J connectivity index is 2.24. The number of nitrogens with zero attached hydrogens (tertiary/aromatic N) is 2. The summed E-state index contributed by atoms with van der Waals surface area (Å²) in [6, 6.07) is 8.34. The molecule has 0 aliphatic carbocycles. The normalized spacial score (nSPS) is 10.9. The van der Waals surface area contributed by atoms with E-state index in [1.165, 1.54) is 16.8 Å². The van der Waals surface area contributed by atoms with Crippen LogP contribution < -0.4 is 5.73 Å². The average Bonchev–Trinajstić information content (AvgIpc) is 2.60. The van der Waals surface area contributed by atoms with E-state index in [1.54, 1.807) is 0 Å². The molecule has 0 amide bonds. The van der Waals surface area contributed by atoms with Crippen molar-refractivity contribution in [2.75, 3.05) is 6.54 Å². The molecular weight excluding hydrogens is 290 g/mol. The number of halogens is 1. The second-order valence-electron chi connectivity index (χ2n) is 4.47. The third-order valence-electron chi connectivity index (χ3n) is 3.17. The highest BCUT2D eigenvalue weighted by atomic mass is 79.9. The molecule has 0 unspecified atom stereocenters. The third kappa shape index (κ3) is 2.82. The van der Waals surface area contributed by atoms with E-state index in [2.05, 4.69) is 63.8 Å². The second-order valence-corrected chi connectivity index (χ2v) is 5.39. The van der Waals surface area contributed by atoms with Crippen LogP contribution in [0.1, 0.15) is 22.5 Å². The summed E-state index contributed by atoms with van der Waals surface area (Å²) in [7, 11) is 0. The summed E-state index contributed by atoms with van der Waals surface area (Å²) in [5, 5.41) is 4.60. The minimum absolute atomic E-state index is 0.672. The molecule has 0 saturated carbocycles. The van der Waals surface area contributed by atoms with Crippen LogP contribution >= 0.6 is 15.9 Å². The number of rotatable bonds is 4. The van der Waals surface area contributed by atoms with Crippen molar-refractivity contribution in [1.82, 2.24) is 9.78 Å². The standard InChI is InChI=1S/C14H18BrN3/c1-10-14(7-8-16)11(2)18(17-10)9-12-3-5-13(15)6-4-12/h3-6H,7-9,16H2,1-2H3. The zero-order chi connectivity index (χ0) is 13.1. The zero-order valence-electron chi connectivity index (χ0n) is 10.8. The van der Waals surface area contributed by atoms with E-state index in [1.807, 2.05) is 0 Å². The maximum absolute atomic E-state index is 5.63. The lowest BCUT2D eigenvalue weighted by molar-refractivity contribution is 0.658. The molecule has 4 heteroatoms. The molecule has 0 saturated heterocycles. The van der Waals surface area contributed by atoms with Gasteiger partial charge in [0.15, 0.2) is 0 Å². The Morgan fingerprint density at radius 1 is 1.22 bits per heavy atom. The molecule has 0 atom stereocenters. The van der Waals surface area contributed by atoms with Gasteiger partial charge in [0, 0.05) is 10.2 Å². The van der Waals surface area contributed by atoms with Crippen LogP contribution in [0.5, 0.6) is 0 Å². The fourth-order valence-electron chi connectivity index (χ4n) is 2.16. The Morgan fingerprint density at radius 3 is 2.50 bits per heavy atom. The number of aryl methyl sites for hydroxylation is 1. The maximum atomic E-state index is 5.63. The molecule has 1 heterocycles. The van der Waals surface area contributed by atoms with E-state index in [4.69, 9.17) is 5.73 Å². The molecule has 0 spiro atoms. The van der Waals surface area contributed by atoms with Gasteiger partial charge < -0.3 is 5.73 Å². The van der Waals surface area contributed by atoms with Gasteiger partial charge in [0.2, 0.25) is 0 Å². The fraction of sp³-hybridized carbons (Fsp3) is 0.357. The summed E-state index contributed by atoms with van der Waals surface area (Å²) < 4.78 is 3.16. The fourth-order valence-corrected chi connectivity index (χ4v) is 2.42. The van der Waals surface area contributed by atoms with Gasteiger partial charge in [0.1, 0.15) is 0 Å². The summed E-state index contributed by atoms with van der Waals surface area (Å²) in [4.78, 5) is 0. The van der Waals surface area contributed by atoms with Gasteiger partial charge in [0.25, 0.3) is 0 Å². The van der Waals surface area contributed by atoms with Gasteiger partial charge in [-0.05, 0) is 50.1 Å². The molecule has 0 fully saturated rings. The van der Waals surface area contributed by atoms with Crippen LogP contribution in [-0.2, 0) is 13.0 Å². The van der Waals surface area contributed by atoms with Gasteiger partial charge in [-0.25, -0.2) is 0 Å². The van der Waals surface area contributed by atoms with Gasteiger partial charge >= 0.3 is 0 Å². The summed E-state index contributed by atoms with van der Waals surface area (Å²) in [5.74, 6) is 0. The van der Waals surface area contributed by atoms with Gasteiger partial charge in [-0.1, -0.05) is 28.1 Å². The van der Waals surface area contributed by atoms with E-state index in [0.717, 1.165) is 23.1 Å².